The topological polar surface area (TPSA) is 51.2 Å². The molecule has 2 aromatic rings. The van der Waals surface area contributed by atoms with Crippen molar-refractivity contribution in [2.45, 2.75) is 24.5 Å². The molecule has 0 aromatic heterocycles. The summed E-state index contributed by atoms with van der Waals surface area (Å²) in [7, 11) is -3.31. The first kappa shape index (κ1) is 14.7. The number of carbonyl (C=O) groups is 1. The van der Waals surface area contributed by atoms with Gasteiger partial charge in [0, 0.05) is 10.0 Å². The Morgan fingerprint density at radius 1 is 1.05 bits per heavy atom. The van der Waals surface area contributed by atoms with Gasteiger partial charge in [0.15, 0.2) is 15.6 Å². The smallest absolute Gasteiger partial charge is 0.181 e. The minimum atomic E-state index is -3.31. The zero-order valence-electron chi connectivity index (χ0n) is 11.4. The van der Waals surface area contributed by atoms with Crippen molar-refractivity contribution in [3.05, 3.63) is 46.4 Å². The Bertz CT molecular complexity index is 811. The second-order valence-electron chi connectivity index (χ2n) is 5.36. The molecule has 0 N–H and O–H groups in total. The maximum absolute atomic E-state index is 12.7. The van der Waals surface area contributed by atoms with Gasteiger partial charge in [-0.1, -0.05) is 46.6 Å². The highest BCUT2D eigenvalue weighted by Gasteiger charge is 2.35. The van der Waals surface area contributed by atoms with Crippen molar-refractivity contribution >= 4 is 42.3 Å². The molecule has 1 fully saturated rings. The van der Waals surface area contributed by atoms with Gasteiger partial charge in [-0.25, -0.2) is 8.42 Å². The number of fused-ring (bicyclic) bond motifs is 1. The van der Waals surface area contributed by atoms with Gasteiger partial charge in [-0.05, 0) is 35.7 Å². The largest absolute Gasteiger partial charge is 0.293 e. The Balaban J connectivity index is 2.12. The zero-order chi connectivity index (χ0) is 15.0. The number of benzene rings is 2. The highest BCUT2D eigenvalue weighted by molar-refractivity contribution is 9.10. The van der Waals surface area contributed by atoms with Gasteiger partial charge in [-0.2, -0.15) is 0 Å². The van der Waals surface area contributed by atoms with E-state index in [-0.39, 0.29) is 11.5 Å². The fourth-order valence-corrected chi connectivity index (χ4v) is 5.25. The third-order valence-corrected chi connectivity index (χ3v) is 6.87. The van der Waals surface area contributed by atoms with Crippen molar-refractivity contribution in [2.75, 3.05) is 5.75 Å². The van der Waals surface area contributed by atoms with Gasteiger partial charge in [0.25, 0.3) is 0 Å². The van der Waals surface area contributed by atoms with E-state index in [1.807, 2.05) is 30.3 Å². The van der Waals surface area contributed by atoms with E-state index >= 15 is 0 Å². The molecule has 0 bridgehead atoms. The molecule has 1 aliphatic rings. The summed E-state index contributed by atoms with van der Waals surface area (Å²) in [5.41, 5.74) is 0.504. The highest BCUT2D eigenvalue weighted by Crippen LogP contribution is 2.30. The van der Waals surface area contributed by atoms with Gasteiger partial charge < -0.3 is 0 Å². The van der Waals surface area contributed by atoms with Crippen LogP contribution < -0.4 is 0 Å². The molecular weight excluding hydrogens is 352 g/mol. The van der Waals surface area contributed by atoms with Crippen LogP contribution >= 0.6 is 15.9 Å². The minimum Gasteiger partial charge on any atom is -0.293 e. The number of ketones is 1. The molecule has 0 aliphatic carbocycles. The molecule has 2 aromatic carbocycles. The first-order valence-electron chi connectivity index (χ1n) is 6.94. The number of hydrogen-bond acceptors (Lipinski definition) is 3. The van der Waals surface area contributed by atoms with E-state index in [1.54, 1.807) is 6.07 Å². The molecule has 1 unspecified atom stereocenters. The summed E-state index contributed by atoms with van der Waals surface area (Å²) in [6.45, 7) is 0. The quantitative estimate of drug-likeness (QED) is 0.760. The summed E-state index contributed by atoms with van der Waals surface area (Å²) in [4.78, 5) is 12.7. The third kappa shape index (κ3) is 2.64. The number of carbonyl (C=O) groups excluding carboxylic acids is 1. The SMILES string of the molecule is O=C(c1ccc(Br)c2ccccc12)C1CCCCS1(=O)=O. The van der Waals surface area contributed by atoms with Crippen LogP contribution in [0.1, 0.15) is 29.6 Å². The van der Waals surface area contributed by atoms with Crippen LogP contribution in [-0.4, -0.2) is 25.2 Å². The fraction of sp³-hybridized carbons (Fsp3) is 0.312. The Morgan fingerprint density at radius 3 is 2.48 bits per heavy atom. The van der Waals surface area contributed by atoms with E-state index in [4.69, 9.17) is 0 Å². The van der Waals surface area contributed by atoms with Crippen molar-refractivity contribution in [2.24, 2.45) is 0 Å². The molecule has 110 valence electrons. The second kappa shape index (κ2) is 5.54. The maximum atomic E-state index is 12.7. The fourth-order valence-electron chi connectivity index (χ4n) is 2.90. The normalized spacial score (nSPS) is 21.3. The van der Waals surface area contributed by atoms with Gasteiger partial charge in [0.1, 0.15) is 5.25 Å². The van der Waals surface area contributed by atoms with E-state index in [9.17, 15) is 13.2 Å². The van der Waals surface area contributed by atoms with Gasteiger partial charge in [0.05, 0.1) is 5.75 Å². The molecule has 0 amide bonds. The van der Waals surface area contributed by atoms with Gasteiger partial charge in [0.2, 0.25) is 0 Å². The van der Waals surface area contributed by atoms with Crippen molar-refractivity contribution < 1.29 is 13.2 Å². The van der Waals surface area contributed by atoms with Crippen LogP contribution in [0.3, 0.4) is 0 Å². The molecule has 1 heterocycles. The molecule has 3 nitrogen and oxygen atoms in total. The van der Waals surface area contributed by atoms with Crippen molar-refractivity contribution in [1.82, 2.24) is 0 Å². The Hall–Kier alpha value is -1.20. The number of Topliss-reactive ketones (excluding diaryl/α,β-unsaturated/α-hetero) is 1. The third-order valence-electron chi connectivity index (χ3n) is 4.01. The van der Waals surface area contributed by atoms with E-state index in [0.717, 1.165) is 21.7 Å². The van der Waals surface area contributed by atoms with Crippen LogP contribution in [0.15, 0.2) is 40.9 Å². The highest BCUT2D eigenvalue weighted by atomic mass is 79.9. The van der Waals surface area contributed by atoms with E-state index in [2.05, 4.69) is 15.9 Å². The van der Waals surface area contributed by atoms with Crippen molar-refractivity contribution in [1.29, 1.82) is 0 Å². The van der Waals surface area contributed by atoms with E-state index in [0.29, 0.717) is 18.4 Å². The summed E-state index contributed by atoms with van der Waals surface area (Å²) < 4.78 is 25.2. The summed E-state index contributed by atoms with van der Waals surface area (Å²) in [6.07, 6.45) is 1.89. The summed E-state index contributed by atoms with van der Waals surface area (Å²) in [6, 6.07) is 11.1. The monoisotopic (exact) mass is 366 g/mol. The zero-order valence-corrected chi connectivity index (χ0v) is 13.8. The van der Waals surface area contributed by atoms with Crippen LogP contribution in [0.4, 0.5) is 0 Å². The second-order valence-corrected chi connectivity index (χ2v) is 8.51. The maximum Gasteiger partial charge on any atom is 0.181 e. The molecule has 0 radical (unpaired) electrons. The molecule has 1 atom stereocenters. The average molecular weight is 367 g/mol. The summed E-state index contributed by atoms with van der Waals surface area (Å²) >= 11 is 3.47. The molecule has 21 heavy (non-hydrogen) atoms. The summed E-state index contributed by atoms with van der Waals surface area (Å²) in [5.74, 6) is -0.142. The molecule has 5 heteroatoms. The van der Waals surface area contributed by atoms with Gasteiger partial charge in [-0.3, -0.25) is 4.79 Å². The van der Waals surface area contributed by atoms with Crippen LogP contribution in [0.25, 0.3) is 10.8 Å². The number of halogens is 1. The number of rotatable bonds is 2. The molecule has 0 spiro atoms. The lowest BCUT2D eigenvalue weighted by molar-refractivity contribution is 0.0983. The molecular formula is C16H15BrO3S. The standard InChI is InChI=1S/C16H15BrO3S/c17-14-9-8-13(11-5-1-2-6-12(11)14)16(18)15-7-3-4-10-21(15,19)20/h1-2,5-6,8-9,15H,3-4,7,10H2. The van der Waals surface area contributed by atoms with Crippen LogP contribution in [0.2, 0.25) is 0 Å². The lowest BCUT2D eigenvalue weighted by Crippen LogP contribution is -2.35. The first-order valence-corrected chi connectivity index (χ1v) is 9.44. The van der Waals surface area contributed by atoms with E-state index < -0.39 is 15.1 Å². The Kier molecular flexibility index (Phi) is 3.88. The molecule has 3 rings (SSSR count). The first-order chi connectivity index (χ1) is 10.0. The Labute approximate surface area is 132 Å². The van der Waals surface area contributed by atoms with Gasteiger partial charge in [-0.15, -0.1) is 0 Å². The number of sulfone groups is 1. The van der Waals surface area contributed by atoms with Crippen LogP contribution in [-0.2, 0) is 9.84 Å². The van der Waals surface area contributed by atoms with Gasteiger partial charge >= 0.3 is 0 Å². The minimum absolute atomic E-state index is 0.123. The van der Waals surface area contributed by atoms with Crippen molar-refractivity contribution in [3.8, 4) is 0 Å². The lowest BCUT2D eigenvalue weighted by Gasteiger charge is -2.21. The molecule has 1 aliphatic heterocycles. The number of hydrogen-bond donors (Lipinski definition) is 0. The Morgan fingerprint density at radius 2 is 1.76 bits per heavy atom. The summed E-state index contributed by atoms with van der Waals surface area (Å²) in [5, 5.41) is 0.852. The van der Waals surface area contributed by atoms with Crippen molar-refractivity contribution in [3.63, 3.8) is 0 Å². The lowest BCUT2D eigenvalue weighted by atomic mass is 9.98. The predicted molar refractivity (Wildman–Crippen MR) is 87.4 cm³/mol. The van der Waals surface area contributed by atoms with E-state index in [1.165, 1.54) is 0 Å². The van der Waals surface area contributed by atoms with Crippen LogP contribution in [0.5, 0.6) is 0 Å². The predicted octanol–water partition coefficient (Wildman–Crippen LogP) is 3.75. The molecule has 0 saturated carbocycles. The molecule has 1 saturated heterocycles. The van der Waals surface area contributed by atoms with Crippen LogP contribution in [0, 0.1) is 0 Å². The average Bonchev–Trinajstić information content (AvgIpc) is 2.47.